The van der Waals surface area contributed by atoms with Crippen LogP contribution in [-0.4, -0.2) is 15.2 Å². The maximum atomic E-state index is 5.90. The number of hydrogen-bond acceptors (Lipinski definition) is 4. The number of nitrogens with zero attached hydrogens (tertiary/aromatic N) is 3. The van der Waals surface area contributed by atoms with Crippen LogP contribution in [0.1, 0.15) is 5.69 Å². The Balaban J connectivity index is 1.79. The highest BCUT2D eigenvalue weighted by atomic mass is 35.5. The summed E-state index contributed by atoms with van der Waals surface area (Å²) in [6.45, 7) is 1.94. The van der Waals surface area contributed by atoms with Crippen LogP contribution in [0.15, 0.2) is 59.0 Å². The van der Waals surface area contributed by atoms with Crippen molar-refractivity contribution < 1.29 is 4.42 Å². The van der Waals surface area contributed by atoms with Gasteiger partial charge in [0, 0.05) is 16.0 Å². The molecule has 0 atom stereocenters. The molecule has 2 aromatic carbocycles. The molecule has 0 radical (unpaired) electrons. The number of halogens is 1. The number of benzene rings is 2. The Labute approximate surface area is 137 Å². The predicted octanol–water partition coefficient (Wildman–Crippen LogP) is 4.91. The van der Waals surface area contributed by atoms with Crippen molar-refractivity contribution in [2.75, 3.05) is 0 Å². The molecule has 23 heavy (non-hydrogen) atoms. The van der Waals surface area contributed by atoms with Crippen LogP contribution in [-0.2, 0) is 0 Å². The van der Waals surface area contributed by atoms with Crippen LogP contribution < -0.4 is 0 Å². The molecule has 0 N–H and O–H groups in total. The van der Waals surface area contributed by atoms with Gasteiger partial charge >= 0.3 is 0 Å². The number of para-hydroxylation sites is 1. The minimum absolute atomic E-state index is 0.462. The lowest BCUT2D eigenvalue weighted by Crippen LogP contribution is -1.89. The van der Waals surface area contributed by atoms with Crippen molar-refractivity contribution in [3.8, 4) is 22.9 Å². The van der Waals surface area contributed by atoms with Crippen LogP contribution >= 0.6 is 11.6 Å². The van der Waals surface area contributed by atoms with Gasteiger partial charge in [-0.3, -0.25) is 4.98 Å². The first-order valence-corrected chi connectivity index (χ1v) is 7.55. The summed E-state index contributed by atoms with van der Waals surface area (Å²) in [7, 11) is 0. The molecule has 0 saturated carbocycles. The number of hydrogen-bond donors (Lipinski definition) is 0. The monoisotopic (exact) mass is 321 g/mol. The zero-order valence-electron chi connectivity index (χ0n) is 12.3. The average Bonchev–Trinajstić information content (AvgIpc) is 3.04. The maximum Gasteiger partial charge on any atom is 0.250 e. The summed E-state index contributed by atoms with van der Waals surface area (Å²) >= 11 is 5.90. The summed E-state index contributed by atoms with van der Waals surface area (Å²) in [6, 6.07) is 17.3. The number of rotatable bonds is 2. The largest absolute Gasteiger partial charge is 0.416 e. The van der Waals surface area contributed by atoms with Gasteiger partial charge < -0.3 is 4.42 Å². The van der Waals surface area contributed by atoms with Crippen LogP contribution in [0, 0.1) is 6.92 Å². The van der Waals surface area contributed by atoms with E-state index >= 15 is 0 Å². The Morgan fingerprint density at radius 2 is 1.65 bits per heavy atom. The van der Waals surface area contributed by atoms with Crippen molar-refractivity contribution in [1.29, 1.82) is 0 Å². The molecule has 0 saturated heterocycles. The van der Waals surface area contributed by atoms with E-state index in [4.69, 9.17) is 16.0 Å². The first-order chi connectivity index (χ1) is 11.2. The van der Waals surface area contributed by atoms with Gasteiger partial charge in [0.25, 0.3) is 0 Å². The van der Waals surface area contributed by atoms with Gasteiger partial charge in [-0.1, -0.05) is 29.8 Å². The highest BCUT2D eigenvalue weighted by molar-refractivity contribution is 6.30. The van der Waals surface area contributed by atoms with Gasteiger partial charge in [0.1, 0.15) is 0 Å². The number of aryl methyl sites for hydroxylation is 1. The van der Waals surface area contributed by atoms with Gasteiger partial charge in [-0.05, 0) is 43.3 Å². The van der Waals surface area contributed by atoms with Crippen molar-refractivity contribution in [1.82, 2.24) is 15.2 Å². The zero-order valence-corrected chi connectivity index (χ0v) is 13.1. The van der Waals surface area contributed by atoms with Gasteiger partial charge in [-0.15, -0.1) is 10.2 Å². The molecule has 0 unspecified atom stereocenters. The third-order valence-corrected chi connectivity index (χ3v) is 3.91. The Morgan fingerprint density at radius 3 is 2.48 bits per heavy atom. The van der Waals surface area contributed by atoms with Crippen LogP contribution in [0.5, 0.6) is 0 Å². The molecule has 0 fully saturated rings. The molecular weight excluding hydrogens is 310 g/mol. The molecule has 112 valence electrons. The van der Waals surface area contributed by atoms with Crippen LogP contribution in [0.2, 0.25) is 5.02 Å². The van der Waals surface area contributed by atoms with Crippen LogP contribution in [0.4, 0.5) is 0 Å². The Bertz CT molecular complexity index is 993. The molecule has 2 aromatic heterocycles. The Morgan fingerprint density at radius 1 is 0.913 bits per heavy atom. The van der Waals surface area contributed by atoms with Crippen molar-refractivity contribution >= 4 is 22.5 Å². The number of fused-ring (bicyclic) bond motifs is 1. The second-order valence-corrected chi connectivity index (χ2v) is 5.67. The highest BCUT2D eigenvalue weighted by Gasteiger charge is 2.14. The van der Waals surface area contributed by atoms with Gasteiger partial charge in [0.2, 0.25) is 11.8 Å². The molecule has 0 spiro atoms. The molecule has 4 aromatic rings. The fourth-order valence-corrected chi connectivity index (χ4v) is 2.60. The standard InChI is InChI=1S/C18H12ClN3O/c1-11-15(10-13-4-2-3-5-16(13)20-11)18-22-21-17(23-18)12-6-8-14(19)9-7-12/h2-10H,1H3. The van der Waals surface area contributed by atoms with E-state index in [9.17, 15) is 0 Å². The smallest absolute Gasteiger partial charge is 0.250 e. The molecule has 4 nitrogen and oxygen atoms in total. The average molecular weight is 322 g/mol. The molecular formula is C18H12ClN3O. The molecule has 4 rings (SSSR count). The van der Waals surface area contributed by atoms with E-state index in [0.29, 0.717) is 16.8 Å². The van der Waals surface area contributed by atoms with E-state index in [2.05, 4.69) is 15.2 Å². The van der Waals surface area contributed by atoms with Gasteiger partial charge in [0.05, 0.1) is 16.8 Å². The third kappa shape index (κ3) is 2.58. The minimum atomic E-state index is 0.462. The quantitative estimate of drug-likeness (QED) is 0.526. The SMILES string of the molecule is Cc1nc2ccccc2cc1-c1nnc(-c2ccc(Cl)cc2)o1. The minimum Gasteiger partial charge on any atom is -0.416 e. The summed E-state index contributed by atoms with van der Waals surface area (Å²) in [5.41, 5.74) is 3.48. The van der Waals surface area contributed by atoms with Gasteiger partial charge in [0.15, 0.2) is 0 Å². The summed E-state index contributed by atoms with van der Waals surface area (Å²) in [5, 5.41) is 10.00. The van der Waals surface area contributed by atoms with Crippen molar-refractivity contribution in [2.24, 2.45) is 0 Å². The first-order valence-electron chi connectivity index (χ1n) is 7.17. The van der Waals surface area contributed by atoms with E-state index < -0.39 is 0 Å². The molecule has 2 heterocycles. The lowest BCUT2D eigenvalue weighted by molar-refractivity contribution is 0.584. The number of pyridine rings is 1. The van der Waals surface area contributed by atoms with Crippen LogP contribution in [0.25, 0.3) is 33.8 Å². The summed E-state index contributed by atoms with van der Waals surface area (Å²) in [6.07, 6.45) is 0. The lowest BCUT2D eigenvalue weighted by Gasteiger charge is -2.03. The summed E-state index contributed by atoms with van der Waals surface area (Å²) in [4.78, 5) is 4.60. The van der Waals surface area contributed by atoms with E-state index in [-0.39, 0.29) is 0 Å². The van der Waals surface area contributed by atoms with Crippen molar-refractivity contribution in [3.63, 3.8) is 0 Å². The van der Waals surface area contributed by atoms with E-state index in [0.717, 1.165) is 27.7 Å². The Hall–Kier alpha value is -2.72. The molecule has 5 heteroatoms. The molecule has 0 amide bonds. The summed E-state index contributed by atoms with van der Waals surface area (Å²) < 4.78 is 5.82. The van der Waals surface area contributed by atoms with Crippen LogP contribution in [0.3, 0.4) is 0 Å². The molecule has 0 aliphatic heterocycles. The zero-order chi connectivity index (χ0) is 15.8. The molecule has 0 aliphatic carbocycles. The van der Waals surface area contributed by atoms with Crippen molar-refractivity contribution in [3.05, 3.63) is 65.3 Å². The van der Waals surface area contributed by atoms with Gasteiger partial charge in [-0.25, -0.2) is 0 Å². The number of aromatic nitrogens is 3. The Kier molecular flexibility index (Phi) is 3.32. The summed E-state index contributed by atoms with van der Waals surface area (Å²) in [5.74, 6) is 0.926. The topological polar surface area (TPSA) is 51.8 Å². The predicted molar refractivity (Wildman–Crippen MR) is 90.2 cm³/mol. The third-order valence-electron chi connectivity index (χ3n) is 3.66. The normalized spacial score (nSPS) is 11.0. The maximum absolute atomic E-state index is 5.90. The van der Waals surface area contributed by atoms with E-state index in [1.807, 2.05) is 49.4 Å². The highest BCUT2D eigenvalue weighted by Crippen LogP contribution is 2.28. The fraction of sp³-hybridized carbons (Fsp3) is 0.0556. The van der Waals surface area contributed by atoms with E-state index in [1.165, 1.54) is 0 Å². The first kappa shape index (κ1) is 13.9. The molecule has 0 aliphatic rings. The second-order valence-electron chi connectivity index (χ2n) is 5.23. The van der Waals surface area contributed by atoms with E-state index in [1.54, 1.807) is 12.1 Å². The van der Waals surface area contributed by atoms with Gasteiger partial charge in [-0.2, -0.15) is 0 Å². The van der Waals surface area contributed by atoms with Crippen molar-refractivity contribution in [2.45, 2.75) is 6.92 Å². The molecule has 0 bridgehead atoms. The fourth-order valence-electron chi connectivity index (χ4n) is 2.47. The lowest BCUT2D eigenvalue weighted by atomic mass is 10.1. The second kappa shape index (κ2) is 5.48.